The Morgan fingerprint density at radius 1 is 1.26 bits per heavy atom. The maximum Gasteiger partial charge on any atom is 0.210 e. The van der Waals surface area contributed by atoms with Gasteiger partial charge in [-0.1, -0.05) is 6.07 Å². The molecule has 0 atom stereocenters. The summed E-state index contributed by atoms with van der Waals surface area (Å²) in [5, 5.41) is 12.2. The first-order chi connectivity index (χ1) is 15.1. The lowest BCUT2D eigenvalue weighted by Crippen LogP contribution is -2.31. The van der Waals surface area contributed by atoms with E-state index in [4.69, 9.17) is 9.84 Å². The van der Waals surface area contributed by atoms with Crippen LogP contribution in [0.15, 0.2) is 30.6 Å². The summed E-state index contributed by atoms with van der Waals surface area (Å²) in [6, 6.07) is 5.34. The molecule has 1 aromatic carbocycles. The molecule has 8 nitrogen and oxygen atoms in total. The van der Waals surface area contributed by atoms with Gasteiger partial charge in [0.05, 0.1) is 24.5 Å². The first-order valence-corrected chi connectivity index (χ1v) is 10.6. The van der Waals surface area contributed by atoms with Crippen LogP contribution in [0.5, 0.6) is 0 Å². The van der Waals surface area contributed by atoms with Crippen LogP contribution in [0.25, 0.3) is 11.1 Å². The van der Waals surface area contributed by atoms with Gasteiger partial charge >= 0.3 is 0 Å². The van der Waals surface area contributed by atoms with Crippen molar-refractivity contribution >= 4 is 17.9 Å². The van der Waals surface area contributed by atoms with Crippen LogP contribution in [0, 0.1) is 5.82 Å². The van der Waals surface area contributed by atoms with Gasteiger partial charge in [-0.25, -0.2) is 4.39 Å². The fraction of sp³-hybridized carbons (Fsp3) is 0.409. The Hall–Kier alpha value is -3.20. The van der Waals surface area contributed by atoms with E-state index in [0.29, 0.717) is 37.8 Å². The molecular weight excluding hydrogens is 399 g/mol. The minimum atomic E-state index is -0.362. The number of rotatable bonds is 5. The smallest absolute Gasteiger partial charge is 0.210 e. The highest BCUT2D eigenvalue weighted by atomic mass is 19.1. The maximum absolute atomic E-state index is 15.0. The fourth-order valence-corrected chi connectivity index (χ4v) is 4.38. The van der Waals surface area contributed by atoms with E-state index in [1.807, 2.05) is 19.3 Å². The summed E-state index contributed by atoms with van der Waals surface area (Å²) in [4.78, 5) is 13.1. The molecule has 0 aliphatic carbocycles. The second-order valence-electron chi connectivity index (χ2n) is 8.11. The molecule has 2 aliphatic rings. The molecule has 3 aromatic rings. The largest absolute Gasteiger partial charge is 0.381 e. The maximum atomic E-state index is 15.0. The average molecular weight is 424 g/mol. The number of carbonyl (C=O) groups is 1. The fourth-order valence-electron chi connectivity index (χ4n) is 4.38. The summed E-state index contributed by atoms with van der Waals surface area (Å²) in [6.45, 7) is 2.57. The highest BCUT2D eigenvalue weighted by molar-refractivity contribution is 5.68. The third-order valence-electron chi connectivity index (χ3n) is 6.06. The highest BCUT2D eigenvalue weighted by Gasteiger charge is 2.29. The van der Waals surface area contributed by atoms with E-state index < -0.39 is 0 Å². The molecule has 2 aromatic heterocycles. The van der Waals surface area contributed by atoms with Crippen molar-refractivity contribution in [3.63, 3.8) is 0 Å². The molecule has 0 unspecified atom stereocenters. The molecule has 1 amide bonds. The van der Waals surface area contributed by atoms with Gasteiger partial charge in [0.2, 0.25) is 6.41 Å². The number of aromatic nitrogens is 4. The summed E-state index contributed by atoms with van der Waals surface area (Å²) in [7, 11) is 1.83. The van der Waals surface area contributed by atoms with Crippen molar-refractivity contribution < 1.29 is 13.9 Å². The van der Waals surface area contributed by atoms with Crippen LogP contribution in [0.3, 0.4) is 0 Å². The van der Waals surface area contributed by atoms with Crippen molar-refractivity contribution in [2.45, 2.75) is 31.8 Å². The zero-order valence-corrected chi connectivity index (χ0v) is 17.4. The number of ether oxygens (including phenoxy) is 1. The molecule has 1 saturated heterocycles. The van der Waals surface area contributed by atoms with Crippen LogP contribution in [0.4, 0.5) is 15.9 Å². The van der Waals surface area contributed by atoms with Gasteiger partial charge in [-0.2, -0.15) is 10.2 Å². The standard InChI is InChI=1S/C22H25FN6O2/c1-27-12-16(11-24-27)15-2-3-20(19(23)10-15)25-22-18-13-28(14-30)7-4-21(18)29(26-22)17-5-8-31-9-6-17/h2-3,10-12,14,17H,4-9,13H2,1H3,(H,25,26). The number of halogens is 1. The quantitative estimate of drug-likeness (QED) is 0.637. The molecule has 1 fully saturated rings. The minimum Gasteiger partial charge on any atom is -0.381 e. The van der Waals surface area contributed by atoms with Crippen LogP contribution in [-0.4, -0.2) is 50.6 Å². The van der Waals surface area contributed by atoms with Gasteiger partial charge in [0.15, 0.2) is 5.82 Å². The first kappa shape index (κ1) is 19.7. The van der Waals surface area contributed by atoms with Gasteiger partial charge in [0.1, 0.15) is 5.82 Å². The first-order valence-electron chi connectivity index (χ1n) is 10.6. The Morgan fingerprint density at radius 2 is 2.10 bits per heavy atom. The van der Waals surface area contributed by atoms with Gasteiger partial charge in [-0.3, -0.25) is 14.2 Å². The highest BCUT2D eigenvalue weighted by Crippen LogP contribution is 2.34. The predicted octanol–water partition coefficient (Wildman–Crippen LogP) is 3.03. The van der Waals surface area contributed by atoms with Crippen LogP contribution >= 0.6 is 0 Å². The van der Waals surface area contributed by atoms with Crippen molar-refractivity contribution in [3.05, 3.63) is 47.7 Å². The van der Waals surface area contributed by atoms with E-state index in [1.54, 1.807) is 21.8 Å². The van der Waals surface area contributed by atoms with Gasteiger partial charge in [0, 0.05) is 56.2 Å². The molecule has 0 radical (unpaired) electrons. The molecule has 1 N–H and O–H groups in total. The molecule has 0 spiro atoms. The van der Waals surface area contributed by atoms with Crippen molar-refractivity contribution in [2.75, 3.05) is 25.1 Å². The Balaban J connectivity index is 1.47. The normalized spacial score (nSPS) is 16.9. The molecule has 9 heteroatoms. The Morgan fingerprint density at radius 3 is 2.81 bits per heavy atom. The zero-order chi connectivity index (χ0) is 21.4. The lowest BCUT2D eigenvalue weighted by molar-refractivity contribution is -0.118. The van der Waals surface area contributed by atoms with E-state index >= 15 is 0 Å². The van der Waals surface area contributed by atoms with E-state index in [9.17, 15) is 9.18 Å². The van der Waals surface area contributed by atoms with Crippen LogP contribution in [0.1, 0.15) is 30.1 Å². The Labute approximate surface area is 179 Å². The third-order valence-corrected chi connectivity index (χ3v) is 6.06. The molecule has 0 saturated carbocycles. The Kier molecular flexibility index (Phi) is 5.19. The monoisotopic (exact) mass is 424 g/mol. The van der Waals surface area contributed by atoms with Gasteiger partial charge in [-0.15, -0.1) is 0 Å². The molecular formula is C22H25FN6O2. The second kappa shape index (κ2) is 8.14. The van der Waals surface area contributed by atoms with E-state index in [0.717, 1.165) is 48.1 Å². The average Bonchev–Trinajstić information content (AvgIpc) is 3.39. The molecule has 2 aliphatic heterocycles. The number of nitrogens with zero attached hydrogens (tertiary/aromatic N) is 5. The number of nitrogens with one attached hydrogen (secondary N) is 1. The number of carbonyl (C=O) groups excluding carboxylic acids is 1. The van der Waals surface area contributed by atoms with Crippen molar-refractivity contribution in [3.8, 4) is 11.1 Å². The molecule has 5 rings (SSSR count). The molecule has 162 valence electrons. The zero-order valence-electron chi connectivity index (χ0n) is 17.4. The summed E-state index contributed by atoms with van der Waals surface area (Å²) >= 11 is 0. The number of aryl methyl sites for hydroxylation is 1. The van der Waals surface area contributed by atoms with Crippen LogP contribution in [-0.2, 0) is 29.5 Å². The number of hydrogen-bond donors (Lipinski definition) is 1. The SMILES string of the molecule is Cn1cc(-c2ccc(Nc3nn(C4CCOCC4)c4c3CN(C=O)CC4)c(F)c2)cn1. The van der Waals surface area contributed by atoms with Gasteiger partial charge < -0.3 is 15.0 Å². The lowest BCUT2D eigenvalue weighted by atomic mass is 10.0. The minimum absolute atomic E-state index is 0.263. The number of anilines is 2. The lowest BCUT2D eigenvalue weighted by Gasteiger charge is -2.28. The second-order valence-corrected chi connectivity index (χ2v) is 8.11. The number of amides is 1. The summed E-state index contributed by atoms with van der Waals surface area (Å²) < 4.78 is 24.2. The van der Waals surface area contributed by atoms with E-state index in [1.165, 1.54) is 6.07 Å². The van der Waals surface area contributed by atoms with E-state index in [2.05, 4.69) is 15.1 Å². The predicted molar refractivity (Wildman–Crippen MR) is 113 cm³/mol. The van der Waals surface area contributed by atoms with E-state index in [-0.39, 0.29) is 11.9 Å². The number of benzene rings is 1. The third kappa shape index (κ3) is 3.81. The van der Waals surface area contributed by atoms with Gasteiger partial charge in [0.25, 0.3) is 0 Å². The Bertz CT molecular complexity index is 1100. The summed E-state index contributed by atoms with van der Waals surface area (Å²) in [6.07, 6.45) is 6.96. The van der Waals surface area contributed by atoms with Crippen molar-refractivity contribution in [1.82, 2.24) is 24.5 Å². The molecule has 0 bridgehead atoms. The van der Waals surface area contributed by atoms with Crippen LogP contribution < -0.4 is 5.32 Å². The van der Waals surface area contributed by atoms with Crippen LogP contribution in [0.2, 0.25) is 0 Å². The topological polar surface area (TPSA) is 77.2 Å². The number of fused-ring (bicyclic) bond motifs is 1. The summed E-state index contributed by atoms with van der Waals surface area (Å²) in [5.74, 6) is 0.250. The summed E-state index contributed by atoms with van der Waals surface area (Å²) in [5.41, 5.74) is 4.06. The number of hydrogen-bond acceptors (Lipinski definition) is 5. The molecule has 4 heterocycles. The van der Waals surface area contributed by atoms with Gasteiger partial charge in [-0.05, 0) is 30.5 Å². The van der Waals surface area contributed by atoms with Crippen molar-refractivity contribution in [1.29, 1.82) is 0 Å². The van der Waals surface area contributed by atoms with Crippen molar-refractivity contribution in [2.24, 2.45) is 7.05 Å². The molecule has 31 heavy (non-hydrogen) atoms.